The van der Waals surface area contributed by atoms with Gasteiger partial charge in [-0.3, -0.25) is 9.80 Å². The first kappa shape index (κ1) is 17.2. The molecule has 1 saturated carbocycles. The van der Waals surface area contributed by atoms with Gasteiger partial charge in [0, 0.05) is 6.42 Å². The molecule has 2 atom stereocenters. The van der Waals surface area contributed by atoms with Gasteiger partial charge in [0.15, 0.2) is 5.78 Å². The summed E-state index contributed by atoms with van der Waals surface area (Å²) in [4.78, 5) is 12.9. The van der Waals surface area contributed by atoms with Gasteiger partial charge in [-0.05, 0) is 50.5 Å². The van der Waals surface area contributed by atoms with Crippen LogP contribution in [0.2, 0.25) is 0 Å². The lowest BCUT2D eigenvalue weighted by Crippen LogP contribution is -2.61. The lowest BCUT2D eigenvalue weighted by molar-refractivity contribution is -0.123. The first-order chi connectivity index (χ1) is 12.5. The molecule has 2 aromatic carbocycles. The van der Waals surface area contributed by atoms with E-state index in [1.807, 2.05) is 37.3 Å². The number of carbonyl (C=O) groups is 1. The van der Waals surface area contributed by atoms with Crippen molar-refractivity contribution < 1.29 is 13.2 Å². The van der Waals surface area contributed by atoms with Crippen molar-refractivity contribution >= 4 is 21.5 Å². The Balaban J connectivity index is 1.86. The van der Waals surface area contributed by atoms with E-state index in [0.717, 1.165) is 17.7 Å². The predicted molar refractivity (Wildman–Crippen MR) is 100 cm³/mol. The van der Waals surface area contributed by atoms with Crippen LogP contribution in [0, 0.1) is 6.92 Å². The average Bonchev–Trinajstić information content (AvgIpc) is 2.94. The Morgan fingerprint density at radius 2 is 1.65 bits per heavy atom. The molecule has 0 radical (unpaired) electrons. The number of ketones is 1. The van der Waals surface area contributed by atoms with Crippen molar-refractivity contribution in [2.75, 3.05) is 5.01 Å². The molecule has 6 heteroatoms. The maximum absolute atomic E-state index is 13.5. The molecular formula is C20H22N2O3S. The van der Waals surface area contributed by atoms with Crippen LogP contribution in [0.4, 0.5) is 5.69 Å². The molecule has 2 aromatic rings. The normalized spacial score (nSPS) is 23.9. The quantitative estimate of drug-likeness (QED) is 0.832. The molecule has 136 valence electrons. The number of sulfonamides is 1. The van der Waals surface area contributed by atoms with Gasteiger partial charge in [-0.15, -0.1) is 4.41 Å². The Morgan fingerprint density at radius 1 is 0.962 bits per heavy atom. The Labute approximate surface area is 154 Å². The third-order valence-corrected chi connectivity index (χ3v) is 7.06. The lowest BCUT2D eigenvalue weighted by atomic mass is 10.0. The van der Waals surface area contributed by atoms with E-state index in [4.69, 9.17) is 0 Å². The number of carbonyl (C=O) groups excluding carboxylic acids is 1. The van der Waals surface area contributed by atoms with Gasteiger partial charge in [-0.2, -0.15) is 0 Å². The molecular weight excluding hydrogens is 348 g/mol. The summed E-state index contributed by atoms with van der Waals surface area (Å²) in [6, 6.07) is 15.5. The molecule has 5 rings (SSSR count). The summed E-state index contributed by atoms with van der Waals surface area (Å²) in [5.74, 6) is 0.131. The highest BCUT2D eigenvalue weighted by atomic mass is 32.2. The average molecular weight is 370 g/mol. The van der Waals surface area contributed by atoms with Gasteiger partial charge in [0.1, 0.15) is 6.04 Å². The first-order valence-electron chi connectivity index (χ1n) is 8.96. The molecule has 2 bridgehead atoms. The molecule has 0 aromatic heterocycles. The monoisotopic (exact) mass is 370 g/mol. The fourth-order valence-electron chi connectivity index (χ4n) is 3.94. The third-order valence-electron chi connectivity index (χ3n) is 5.23. The van der Waals surface area contributed by atoms with E-state index in [1.54, 1.807) is 29.3 Å². The van der Waals surface area contributed by atoms with Crippen molar-refractivity contribution in [2.45, 2.75) is 49.6 Å². The minimum atomic E-state index is -3.75. The van der Waals surface area contributed by atoms with E-state index >= 15 is 0 Å². The number of para-hydroxylation sites is 1. The number of nitrogens with zero attached hydrogens (tertiary/aromatic N) is 2. The predicted octanol–water partition coefficient (Wildman–Crippen LogP) is 3.30. The second-order valence-corrected chi connectivity index (χ2v) is 8.84. The molecule has 3 aliphatic rings. The summed E-state index contributed by atoms with van der Waals surface area (Å²) in [6.07, 6.45) is 2.53. The van der Waals surface area contributed by atoms with E-state index in [1.165, 1.54) is 4.41 Å². The summed E-state index contributed by atoms with van der Waals surface area (Å²) < 4.78 is 28.5. The van der Waals surface area contributed by atoms with E-state index in [-0.39, 0.29) is 16.7 Å². The van der Waals surface area contributed by atoms with Crippen LogP contribution in [0.5, 0.6) is 0 Å². The van der Waals surface area contributed by atoms with Crippen LogP contribution in [0.3, 0.4) is 0 Å². The molecule has 0 spiro atoms. The Kier molecular flexibility index (Phi) is 4.32. The van der Waals surface area contributed by atoms with Gasteiger partial charge in [-0.25, -0.2) is 8.42 Å². The van der Waals surface area contributed by atoms with Crippen LogP contribution < -0.4 is 5.01 Å². The minimum Gasteiger partial charge on any atom is -0.297 e. The van der Waals surface area contributed by atoms with E-state index < -0.39 is 16.1 Å². The van der Waals surface area contributed by atoms with Crippen LogP contribution in [0.15, 0.2) is 59.5 Å². The van der Waals surface area contributed by atoms with Crippen molar-refractivity contribution in [2.24, 2.45) is 0 Å². The number of aryl methyl sites for hydroxylation is 1. The van der Waals surface area contributed by atoms with Crippen molar-refractivity contribution in [1.82, 2.24) is 4.41 Å². The second-order valence-electron chi connectivity index (χ2n) is 7.04. The molecule has 2 saturated heterocycles. The Morgan fingerprint density at radius 3 is 2.35 bits per heavy atom. The van der Waals surface area contributed by atoms with Crippen LogP contribution in [-0.4, -0.2) is 30.7 Å². The van der Waals surface area contributed by atoms with Crippen LogP contribution in [0.25, 0.3) is 0 Å². The van der Waals surface area contributed by atoms with Crippen molar-refractivity contribution in [3.8, 4) is 0 Å². The maximum atomic E-state index is 13.5. The summed E-state index contributed by atoms with van der Waals surface area (Å²) in [5.41, 5.74) is 1.75. The number of fused-ring (bicyclic) bond motifs is 4. The number of hydrogen-bond donors (Lipinski definition) is 0. The summed E-state index contributed by atoms with van der Waals surface area (Å²) in [7, 11) is -3.75. The van der Waals surface area contributed by atoms with E-state index in [9.17, 15) is 13.2 Å². The van der Waals surface area contributed by atoms with Gasteiger partial charge in [0.2, 0.25) is 0 Å². The van der Waals surface area contributed by atoms with Crippen molar-refractivity contribution in [3.05, 3.63) is 60.2 Å². The summed E-state index contributed by atoms with van der Waals surface area (Å²) >= 11 is 0. The van der Waals surface area contributed by atoms with Crippen molar-refractivity contribution in [3.63, 3.8) is 0 Å². The number of anilines is 1. The molecule has 26 heavy (non-hydrogen) atoms. The molecule has 2 aliphatic heterocycles. The van der Waals surface area contributed by atoms with Crippen LogP contribution >= 0.6 is 0 Å². The van der Waals surface area contributed by atoms with Crippen LogP contribution in [0.1, 0.15) is 31.2 Å². The fourth-order valence-corrected chi connectivity index (χ4v) is 5.65. The maximum Gasteiger partial charge on any atom is 0.260 e. The van der Waals surface area contributed by atoms with Gasteiger partial charge < -0.3 is 0 Å². The number of rotatable bonds is 3. The van der Waals surface area contributed by atoms with E-state index in [2.05, 4.69) is 0 Å². The van der Waals surface area contributed by atoms with Gasteiger partial charge in [-0.1, -0.05) is 35.9 Å². The summed E-state index contributed by atoms with van der Waals surface area (Å²) in [6.45, 7) is 1.93. The van der Waals surface area contributed by atoms with Crippen molar-refractivity contribution in [1.29, 1.82) is 0 Å². The first-order valence-corrected chi connectivity index (χ1v) is 10.4. The second kappa shape index (κ2) is 6.52. The minimum absolute atomic E-state index is 0.131. The topological polar surface area (TPSA) is 57.7 Å². The standard InChI is InChI=1S/C20H22N2O3S/c1-15-10-12-18(13-11-15)26(24,25)22-17-8-5-9-19(20(23)14-17)21(22)16-6-3-2-4-7-16/h2-4,6-7,10-13,17,19H,5,8-9,14H2,1H3/t17-,19+/m0/s1. The molecule has 1 aliphatic carbocycles. The molecule has 2 heterocycles. The number of Topliss-reactive ketones (excluding diaryl/α,β-unsaturated/α-hetero) is 1. The highest BCUT2D eigenvalue weighted by Gasteiger charge is 2.48. The number of hydrogen-bond acceptors (Lipinski definition) is 4. The zero-order valence-corrected chi connectivity index (χ0v) is 15.5. The molecule has 0 amide bonds. The zero-order valence-electron chi connectivity index (χ0n) is 14.7. The molecule has 0 N–H and O–H groups in total. The molecule has 3 fully saturated rings. The highest BCUT2D eigenvalue weighted by molar-refractivity contribution is 7.89. The number of benzene rings is 2. The summed E-state index contributed by atoms with van der Waals surface area (Å²) in [5, 5.41) is 1.72. The molecule has 5 nitrogen and oxygen atoms in total. The van der Waals surface area contributed by atoms with E-state index in [0.29, 0.717) is 19.3 Å². The molecule has 0 unspecified atom stereocenters. The Bertz CT molecular complexity index is 910. The largest absolute Gasteiger partial charge is 0.297 e. The highest BCUT2D eigenvalue weighted by Crippen LogP contribution is 2.38. The van der Waals surface area contributed by atoms with Crippen LogP contribution in [-0.2, 0) is 14.8 Å². The third kappa shape index (κ3) is 2.83. The smallest absolute Gasteiger partial charge is 0.260 e. The fraction of sp³-hybridized carbons (Fsp3) is 0.350. The van der Waals surface area contributed by atoms with Gasteiger partial charge in [0.05, 0.1) is 16.6 Å². The lowest BCUT2D eigenvalue weighted by Gasteiger charge is -2.45. The zero-order chi connectivity index (χ0) is 18.3. The van der Waals surface area contributed by atoms with Gasteiger partial charge in [0.25, 0.3) is 10.0 Å². The number of hydrazine groups is 1. The Hall–Kier alpha value is -2.18. The van der Waals surface area contributed by atoms with Gasteiger partial charge >= 0.3 is 0 Å². The SMILES string of the molecule is Cc1ccc(S(=O)(=O)N2[C@H]3CCC[C@H](C(=O)C3)N2c2ccccc2)cc1.